The zero-order valence-corrected chi connectivity index (χ0v) is 17.3. The zero-order chi connectivity index (χ0) is 25.3. The van der Waals surface area contributed by atoms with Crippen LogP contribution in [0.3, 0.4) is 0 Å². The van der Waals surface area contributed by atoms with E-state index in [0.717, 1.165) is 0 Å². The summed E-state index contributed by atoms with van der Waals surface area (Å²) in [6.45, 7) is -1.90. The van der Waals surface area contributed by atoms with Crippen LogP contribution in [0.25, 0.3) is 0 Å². The topological polar surface area (TPSA) is 354 Å². The van der Waals surface area contributed by atoms with E-state index >= 15 is 0 Å². The van der Waals surface area contributed by atoms with Crippen LogP contribution < -0.4 is 32.5 Å². The summed E-state index contributed by atoms with van der Waals surface area (Å²) in [4.78, 5) is 46.8. The average molecular weight is 475 g/mol. The number of hydrogen-bond acceptors (Lipinski definition) is 15. The number of carbonyl (C=O) groups is 5. The van der Waals surface area contributed by atoms with Crippen LogP contribution in [0.5, 0.6) is 0 Å². The van der Waals surface area contributed by atoms with E-state index in [9.17, 15) is 9.59 Å². The summed E-state index contributed by atoms with van der Waals surface area (Å²) in [5.41, 5.74) is 13.5. The van der Waals surface area contributed by atoms with Gasteiger partial charge in [-0.3, -0.25) is 4.79 Å². The first kappa shape index (κ1) is 42.7. The summed E-state index contributed by atoms with van der Waals surface area (Å²) in [6.07, 6.45) is -3.50. The molecule has 0 amide bonds. The number of rotatable bonds is 8. The molecule has 0 rings (SSSR count). The van der Waals surface area contributed by atoms with Crippen LogP contribution in [-0.2, 0) is 24.0 Å². The van der Waals surface area contributed by atoms with E-state index in [1.807, 2.05) is 0 Å². The maximum Gasteiger partial charge on any atom is 3.00 e. The van der Waals surface area contributed by atoms with Gasteiger partial charge in [-0.25, -0.2) is 4.79 Å². The van der Waals surface area contributed by atoms with E-state index in [2.05, 4.69) is 17.2 Å². The van der Waals surface area contributed by atoms with Gasteiger partial charge in [0, 0.05) is 19.6 Å². The number of carbonyl (C=O) groups excluding carboxylic acids is 3. The average Bonchev–Trinajstić information content (AvgIpc) is 2.68. The fourth-order valence-electron chi connectivity index (χ4n) is 0.310. The van der Waals surface area contributed by atoms with E-state index in [0.29, 0.717) is 0 Å². The Morgan fingerprint density at radius 1 is 0.710 bits per heavy atom. The van der Waals surface area contributed by atoms with E-state index in [4.69, 9.17) is 60.3 Å². The van der Waals surface area contributed by atoms with Crippen LogP contribution >= 0.6 is 0 Å². The smallest absolute Gasteiger partial charge is 0.549 e. The third-order valence-electron chi connectivity index (χ3n) is 1.57. The van der Waals surface area contributed by atoms with Crippen LogP contribution in [0.15, 0.2) is 0 Å². The molecule has 0 saturated heterocycles. The van der Waals surface area contributed by atoms with Crippen molar-refractivity contribution in [1.82, 2.24) is 0 Å². The SMILES string of the molecule is NCC(=O)[O-].NCC(=O)[O-].NCC(=O)[O-].O=C(O)CC(O)C(=O)O.OCC(O)CO.[Al+3]. The van der Waals surface area contributed by atoms with Gasteiger partial charge in [0.2, 0.25) is 0 Å². The van der Waals surface area contributed by atoms with Crippen LogP contribution in [0.4, 0.5) is 0 Å². The summed E-state index contributed by atoms with van der Waals surface area (Å²) >= 11 is 0. The molecule has 180 valence electrons. The van der Waals surface area contributed by atoms with Gasteiger partial charge >= 0.3 is 29.3 Å². The van der Waals surface area contributed by atoms with Crippen molar-refractivity contribution in [2.24, 2.45) is 17.2 Å². The molecule has 18 heteroatoms. The fraction of sp³-hybridized carbons (Fsp3) is 0.615. The molecule has 0 fully saturated rings. The van der Waals surface area contributed by atoms with Crippen molar-refractivity contribution in [3.63, 3.8) is 0 Å². The molecule has 0 heterocycles. The Hall–Kier alpha value is -2.40. The minimum Gasteiger partial charge on any atom is -0.549 e. The number of aliphatic carboxylic acids is 5. The minimum absolute atomic E-state index is 0. The van der Waals surface area contributed by atoms with Crippen molar-refractivity contribution in [2.75, 3.05) is 32.8 Å². The molecule has 1 atom stereocenters. The quantitative estimate of drug-likeness (QED) is 0.147. The minimum atomic E-state index is -1.79. The fourth-order valence-corrected chi connectivity index (χ4v) is 0.310. The van der Waals surface area contributed by atoms with Crippen LogP contribution in [-0.4, -0.2) is 123 Å². The first-order valence-corrected chi connectivity index (χ1v) is 7.38. The second-order valence-corrected chi connectivity index (χ2v) is 4.20. The van der Waals surface area contributed by atoms with Crippen molar-refractivity contribution in [3.05, 3.63) is 0 Å². The van der Waals surface area contributed by atoms with Gasteiger partial charge in [0.05, 0.1) is 37.5 Å². The van der Waals surface area contributed by atoms with Gasteiger partial charge in [0.25, 0.3) is 0 Å². The van der Waals surface area contributed by atoms with Gasteiger partial charge in [-0.05, 0) is 0 Å². The molecule has 0 aromatic rings. The standard InChI is InChI=1S/C4H6O5.C3H8O3.3C2H5NO2.Al/c5-2(4(8)9)1-3(6)7;4-1-3(6)2-5;3*3-1-2(4)5;/h2,5H,1H2,(H,6,7)(H,8,9);3-6H,1-2H2;3*1,3H2,(H,4,5);/q;;;;;+3/p-3. The molecule has 12 N–H and O–H groups in total. The molecule has 0 aromatic carbocycles. The number of aliphatic hydroxyl groups is 4. The predicted molar refractivity (Wildman–Crippen MR) is 94.0 cm³/mol. The Kier molecular flexibility index (Phi) is 44.4. The van der Waals surface area contributed by atoms with Gasteiger partial charge in [-0.1, -0.05) is 0 Å². The monoisotopic (exact) mass is 475 g/mol. The number of hydrogen-bond donors (Lipinski definition) is 9. The molecule has 0 saturated carbocycles. The van der Waals surface area contributed by atoms with E-state index in [1.54, 1.807) is 0 Å². The number of carboxylic acid groups (broad SMARTS) is 5. The summed E-state index contributed by atoms with van der Waals surface area (Å²) in [7, 11) is 0. The molecule has 0 spiro atoms. The molecule has 0 aromatic heterocycles. The number of carboxylic acids is 5. The van der Waals surface area contributed by atoms with Gasteiger partial charge in [0.1, 0.15) is 6.10 Å². The maximum absolute atomic E-state index is 9.72. The Labute approximate surface area is 186 Å². The molecular weight excluding hydrogens is 449 g/mol. The summed E-state index contributed by atoms with van der Waals surface area (Å²) in [5.74, 6) is -6.50. The molecule has 0 aliphatic heterocycles. The number of nitrogens with two attached hydrogens (primary N) is 3. The van der Waals surface area contributed by atoms with Gasteiger partial charge < -0.3 is 77.5 Å². The van der Waals surface area contributed by atoms with E-state index in [1.165, 1.54) is 0 Å². The zero-order valence-electron chi connectivity index (χ0n) is 16.2. The summed E-state index contributed by atoms with van der Waals surface area (Å²) in [6, 6.07) is 0. The molecule has 0 aliphatic carbocycles. The van der Waals surface area contributed by atoms with Crippen LogP contribution in [0.2, 0.25) is 0 Å². The molecule has 0 aliphatic rings. The van der Waals surface area contributed by atoms with Crippen molar-refractivity contribution in [1.29, 1.82) is 0 Å². The molecule has 31 heavy (non-hydrogen) atoms. The normalized spacial score (nSPS) is 9.16. The predicted octanol–water partition coefficient (Wildman–Crippen LogP) is -10.1. The third kappa shape index (κ3) is 74.3. The number of aliphatic hydroxyl groups excluding tert-OH is 4. The molecule has 0 radical (unpaired) electrons. The Morgan fingerprint density at radius 2 is 0.935 bits per heavy atom. The molecule has 1 unspecified atom stereocenters. The first-order chi connectivity index (χ1) is 13.7. The molecule has 0 bridgehead atoms. The van der Waals surface area contributed by atoms with Crippen molar-refractivity contribution >= 4 is 47.2 Å². The first-order valence-electron chi connectivity index (χ1n) is 7.38. The van der Waals surface area contributed by atoms with Crippen molar-refractivity contribution < 1.29 is 69.9 Å². The summed E-state index contributed by atoms with van der Waals surface area (Å²) in [5, 5.41) is 75.6. The molecular formula is C13H26AlN3O14. The maximum atomic E-state index is 9.72. The second kappa shape index (κ2) is 32.3. The third-order valence-corrected chi connectivity index (χ3v) is 1.57. The van der Waals surface area contributed by atoms with Crippen LogP contribution in [0.1, 0.15) is 6.42 Å². The van der Waals surface area contributed by atoms with Gasteiger partial charge in [0.15, 0.2) is 6.10 Å². The molecule has 17 nitrogen and oxygen atoms in total. The second-order valence-electron chi connectivity index (χ2n) is 4.20. The van der Waals surface area contributed by atoms with E-state index in [-0.39, 0.29) is 50.2 Å². The Bertz CT molecular complexity index is 443. The van der Waals surface area contributed by atoms with Gasteiger partial charge in [-0.2, -0.15) is 0 Å². The van der Waals surface area contributed by atoms with Gasteiger partial charge in [-0.15, -0.1) is 0 Å². The van der Waals surface area contributed by atoms with Crippen molar-refractivity contribution in [3.8, 4) is 0 Å². The van der Waals surface area contributed by atoms with Crippen molar-refractivity contribution in [2.45, 2.75) is 18.6 Å². The van der Waals surface area contributed by atoms with Crippen LogP contribution in [0, 0.1) is 0 Å². The Morgan fingerprint density at radius 3 is 0.968 bits per heavy atom. The summed E-state index contributed by atoms with van der Waals surface area (Å²) < 4.78 is 0. The largest absolute Gasteiger partial charge is 3.00 e. The van der Waals surface area contributed by atoms with E-state index < -0.39 is 48.5 Å². The Balaban J connectivity index is -0.0000000641.